The van der Waals surface area contributed by atoms with E-state index in [9.17, 15) is 5.11 Å². The summed E-state index contributed by atoms with van der Waals surface area (Å²) in [4.78, 5) is 4.39. The van der Waals surface area contributed by atoms with Crippen LogP contribution in [0, 0.1) is 0 Å². The summed E-state index contributed by atoms with van der Waals surface area (Å²) in [5.41, 5.74) is 0. The Morgan fingerprint density at radius 1 is 1.17 bits per heavy atom. The fourth-order valence-electron chi connectivity index (χ4n) is 2.25. The smallest absolute Gasteiger partial charge is 0.115 e. The first-order chi connectivity index (χ1) is 8.33. The third kappa shape index (κ3) is 8.03. The van der Waals surface area contributed by atoms with Crippen LogP contribution in [-0.2, 0) is 0 Å². The van der Waals surface area contributed by atoms with Gasteiger partial charge in [-0.2, -0.15) is 0 Å². The lowest BCUT2D eigenvalue weighted by Crippen LogP contribution is -2.51. The summed E-state index contributed by atoms with van der Waals surface area (Å²) in [6.07, 6.45) is 0.970. The number of quaternary nitrogens is 1. The van der Waals surface area contributed by atoms with Crippen molar-refractivity contribution in [2.45, 2.75) is 26.4 Å². The Morgan fingerprint density at radius 3 is 2.22 bits per heavy atom. The van der Waals surface area contributed by atoms with Crippen LogP contribution in [0.2, 0.25) is 0 Å². The van der Waals surface area contributed by atoms with Gasteiger partial charge < -0.3 is 19.4 Å². The molecule has 0 amide bonds. The lowest BCUT2D eigenvalue weighted by atomic mass is 10.2. The fourth-order valence-corrected chi connectivity index (χ4v) is 2.25. The Bertz CT molecular complexity index is 211. The minimum atomic E-state index is -0.228. The van der Waals surface area contributed by atoms with Crippen molar-refractivity contribution >= 4 is 0 Å². The average molecular weight is 260 g/mol. The summed E-state index contributed by atoms with van der Waals surface area (Å²) in [6.45, 7) is 10.5. The highest BCUT2D eigenvalue weighted by atomic mass is 16.3. The van der Waals surface area contributed by atoms with E-state index < -0.39 is 0 Å². The van der Waals surface area contributed by atoms with Crippen LogP contribution in [0.5, 0.6) is 0 Å². The fraction of sp³-hybridized carbons (Fsp3) is 1.00. The van der Waals surface area contributed by atoms with E-state index in [4.69, 9.17) is 0 Å². The molecule has 0 saturated carbocycles. The monoisotopic (exact) mass is 260 g/mol. The van der Waals surface area contributed by atoms with Crippen molar-refractivity contribution in [3.63, 3.8) is 0 Å². The predicted molar refractivity (Wildman–Crippen MR) is 78.8 cm³/mol. The van der Waals surface area contributed by atoms with Gasteiger partial charge in [-0.25, -0.2) is 0 Å². The molecule has 0 aliphatic heterocycles. The van der Waals surface area contributed by atoms with Gasteiger partial charge in [0.05, 0.1) is 20.1 Å². The summed E-state index contributed by atoms with van der Waals surface area (Å²) >= 11 is 0. The molecule has 0 aromatic heterocycles. The molecule has 0 aliphatic carbocycles. The van der Waals surface area contributed by atoms with E-state index in [1.54, 1.807) is 0 Å². The molecule has 2 atom stereocenters. The zero-order chi connectivity index (χ0) is 14.2. The first-order valence-corrected chi connectivity index (χ1v) is 7.18. The number of likely N-dealkylation sites (N-methyl/N-ethyl adjacent to an activating group) is 2. The molecule has 0 aromatic carbocycles. The van der Waals surface area contributed by atoms with Gasteiger partial charge in [-0.1, -0.05) is 6.92 Å². The molecule has 0 saturated heterocycles. The maximum atomic E-state index is 10.1. The Morgan fingerprint density at radius 2 is 1.78 bits per heavy atom. The second-order valence-corrected chi connectivity index (χ2v) is 6.01. The van der Waals surface area contributed by atoms with Crippen LogP contribution in [-0.4, -0.2) is 93.0 Å². The third-order valence-electron chi connectivity index (χ3n) is 3.77. The number of aliphatic hydroxyl groups excluding tert-OH is 1. The zero-order valence-corrected chi connectivity index (χ0v) is 13.3. The number of rotatable bonds is 10. The summed E-state index contributed by atoms with van der Waals surface area (Å²) < 4.78 is 0.965. The summed E-state index contributed by atoms with van der Waals surface area (Å²) in [5.74, 6) is 0. The molecule has 4 nitrogen and oxygen atoms in total. The molecule has 110 valence electrons. The lowest BCUT2D eigenvalue weighted by molar-refractivity contribution is -0.910. The standard InChI is InChI=1S/C14H34N3O/c1-7-16(5)10-9-11-17(6,8-2)13-14(18)12-15(3)4/h14,18H,7-13H2,1-6H3/q+1. The van der Waals surface area contributed by atoms with Gasteiger partial charge in [0.15, 0.2) is 0 Å². The van der Waals surface area contributed by atoms with Crippen LogP contribution < -0.4 is 0 Å². The molecule has 1 N–H and O–H groups in total. The first kappa shape index (κ1) is 17.8. The normalized spacial score (nSPS) is 17.2. The topological polar surface area (TPSA) is 26.7 Å². The largest absolute Gasteiger partial charge is 0.386 e. The van der Waals surface area contributed by atoms with Gasteiger partial charge in [-0.3, -0.25) is 0 Å². The van der Waals surface area contributed by atoms with Crippen molar-refractivity contribution in [1.82, 2.24) is 9.80 Å². The summed E-state index contributed by atoms with van der Waals surface area (Å²) in [6, 6.07) is 0. The first-order valence-electron chi connectivity index (χ1n) is 7.18. The van der Waals surface area contributed by atoms with Gasteiger partial charge in [0, 0.05) is 19.5 Å². The predicted octanol–water partition coefficient (Wildman–Crippen LogP) is 0.717. The van der Waals surface area contributed by atoms with Crippen molar-refractivity contribution in [3.05, 3.63) is 0 Å². The Balaban J connectivity index is 4.08. The molecule has 0 heterocycles. The van der Waals surface area contributed by atoms with Crippen molar-refractivity contribution < 1.29 is 9.59 Å². The van der Waals surface area contributed by atoms with Gasteiger partial charge in [0.1, 0.15) is 12.6 Å². The van der Waals surface area contributed by atoms with E-state index in [0.29, 0.717) is 0 Å². The van der Waals surface area contributed by atoms with Crippen LogP contribution in [0.1, 0.15) is 20.3 Å². The SMILES string of the molecule is CCN(C)CCC[N+](C)(CC)CC(O)CN(C)C. The van der Waals surface area contributed by atoms with Crippen molar-refractivity contribution in [3.8, 4) is 0 Å². The van der Waals surface area contributed by atoms with E-state index in [1.165, 1.54) is 6.42 Å². The maximum Gasteiger partial charge on any atom is 0.115 e. The average Bonchev–Trinajstić information content (AvgIpc) is 2.27. The molecule has 0 aromatic rings. The van der Waals surface area contributed by atoms with Crippen molar-refractivity contribution in [1.29, 1.82) is 0 Å². The maximum absolute atomic E-state index is 10.1. The minimum Gasteiger partial charge on any atom is -0.386 e. The van der Waals surface area contributed by atoms with E-state index >= 15 is 0 Å². The van der Waals surface area contributed by atoms with Gasteiger partial charge in [-0.05, 0) is 34.6 Å². The Hall–Kier alpha value is -0.160. The van der Waals surface area contributed by atoms with Gasteiger partial charge in [-0.15, -0.1) is 0 Å². The molecule has 0 radical (unpaired) electrons. The van der Waals surface area contributed by atoms with Crippen LogP contribution in [0.25, 0.3) is 0 Å². The van der Waals surface area contributed by atoms with Gasteiger partial charge in [0.25, 0.3) is 0 Å². The Labute approximate surface area is 114 Å². The van der Waals surface area contributed by atoms with Crippen LogP contribution in [0.4, 0.5) is 0 Å². The molecule has 18 heavy (non-hydrogen) atoms. The quantitative estimate of drug-likeness (QED) is 0.586. The minimum absolute atomic E-state index is 0.228. The molecular formula is C14H34N3O+. The van der Waals surface area contributed by atoms with E-state index in [1.807, 2.05) is 14.1 Å². The molecular weight excluding hydrogens is 226 g/mol. The van der Waals surface area contributed by atoms with Crippen LogP contribution in [0.3, 0.4) is 0 Å². The highest BCUT2D eigenvalue weighted by Crippen LogP contribution is 2.07. The third-order valence-corrected chi connectivity index (χ3v) is 3.77. The number of hydrogen-bond donors (Lipinski definition) is 1. The molecule has 0 aliphatic rings. The van der Waals surface area contributed by atoms with Crippen molar-refractivity contribution in [2.24, 2.45) is 0 Å². The second kappa shape index (κ2) is 8.86. The van der Waals surface area contributed by atoms with Crippen LogP contribution in [0.15, 0.2) is 0 Å². The molecule has 4 heteroatoms. The van der Waals surface area contributed by atoms with E-state index in [2.05, 4.69) is 37.7 Å². The van der Waals surface area contributed by atoms with E-state index in [-0.39, 0.29) is 6.10 Å². The molecule has 0 fully saturated rings. The lowest BCUT2D eigenvalue weighted by Gasteiger charge is -2.36. The molecule has 0 rings (SSSR count). The van der Waals surface area contributed by atoms with Gasteiger partial charge in [0.2, 0.25) is 0 Å². The number of aliphatic hydroxyl groups is 1. The summed E-state index contributed by atoms with van der Waals surface area (Å²) in [7, 11) is 8.44. The van der Waals surface area contributed by atoms with Gasteiger partial charge >= 0.3 is 0 Å². The zero-order valence-electron chi connectivity index (χ0n) is 13.3. The molecule has 0 spiro atoms. The van der Waals surface area contributed by atoms with Crippen molar-refractivity contribution in [2.75, 3.05) is 67.5 Å². The molecule has 2 unspecified atom stereocenters. The second-order valence-electron chi connectivity index (χ2n) is 6.01. The number of nitrogens with zero attached hydrogens (tertiary/aromatic N) is 3. The highest BCUT2D eigenvalue weighted by Gasteiger charge is 2.23. The Kier molecular flexibility index (Phi) is 8.78. The number of hydrogen-bond acceptors (Lipinski definition) is 3. The van der Waals surface area contributed by atoms with Crippen LogP contribution >= 0.6 is 0 Å². The molecule has 0 bridgehead atoms. The summed E-state index contributed by atoms with van der Waals surface area (Å²) in [5, 5.41) is 10.1. The highest BCUT2D eigenvalue weighted by molar-refractivity contribution is 4.59. The van der Waals surface area contributed by atoms with E-state index in [0.717, 1.165) is 43.8 Å².